The van der Waals surface area contributed by atoms with E-state index < -0.39 is 0 Å². The average molecular weight is 428 g/mol. The molecular formula is C21H23ClFN7. The lowest BCUT2D eigenvalue weighted by molar-refractivity contribution is 0.315. The van der Waals surface area contributed by atoms with Gasteiger partial charge in [-0.2, -0.15) is 0 Å². The summed E-state index contributed by atoms with van der Waals surface area (Å²) in [5.41, 5.74) is 2.67. The number of benzene rings is 1. The zero-order valence-corrected chi connectivity index (χ0v) is 17.8. The van der Waals surface area contributed by atoms with Gasteiger partial charge >= 0.3 is 0 Å². The van der Waals surface area contributed by atoms with Gasteiger partial charge in [0.05, 0.1) is 24.1 Å². The number of rotatable bonds is 2. The van der Waals surface area contributed by atoms with Gasteiger partial charge in [-0.25, -0.2) is 14.4 Å². The van der Waals surface area contributed by atoms with E-state index in [9.17, 15) is 4.39 Å². The molecule has 0 spiro atoms. The highest BCUT2D eigenvalue weighted by Crippen LogP contribution is 2.33. The smallest absolute Gasteiger partial charge is 0.225 e. The van der Waals surface area contributed by atoms with Gasteiger partial charge in [0, 0.05) is 30.6 Å². The Morgan fingerprint density at radius 2 is 1.93 bits per heavy atom. The molecule has 1 aromatic carbocycles. The number of anilines is 1. The standard InChI is InChI=1S/C21H23ClFN7/c1-13-17(23)10-24-21(25-13)29-7-5-14(6-8-29)20-27-26-19-12-28(2)11-15-9-16(22)3-4-18(15)30(19)20/h3-4,9-10,14H,5-8,11-12H2,1-2H3. The lowest BCUT2D eigenvalue weighted by Crippen LogP contribution is -2.35. The van der Waals surface area contributed by atoms with Crippen LogP contribution in [0.2, 0.25) is 5.02 Å². The highest BCUT2D eigenvalue weighted by Gasteiger charge is 2.30. The molecule has 9 heteroatoms. The monoisotopic (exact) mass is 427 g/mol. The number of aromatic nitrogens is 5. The molecule has 156 valence electrons. The molecule has 1 fully saturated rings. The summed E-state index contributed by atoms with van der Waals surface area (Å²) in [7, 11) is 2.08. The lowest BCUT2D eigenvalue weighted by Gasteiger charge is -2.31. The van der Waals surface area contributed by atoms with E-state index in [1.807, 2.05) is 12.1 Å². The molecule has 7 nitrogen and oxygen atoms in total. The molecule has 30 heavy (non-hydrogen) atoms. The summed E-state index contributed by atoms with van der Waals surface area (Å²) in [5.74, 6) is 2.46. The van der Waals surface area contributed by atoms with E-state index in [2.05, 4.69) is 47.6 Å². The second-order valence-electron chi connectivity index (χ2n) is 8.12. The SMILES string of the molecule is Cc1nc(N2CCC(c3nnc4n3-c3ccc(Cl)cc3CN(C)C4)CC2)ncc1F. The van der Waals surface area contributed by atoms with Crippen LogP contribution in [0.15, 0.2) is 24.4 Å². The fraction of sp³-hybridized carbons (Fsp3) is 0.429. The summed E-state index contributed by atoms with van der Waals surface area (Å²) in [5, 5.41) is 9.86. The highest BCUT2D eigenvalue weighted by atomic mass is 35.5. The molecule has 5 rings (SSSR count). The molecule has 0 aliphatic carbocycles. The zero-order chi connectivity index (χ0) is 20.8. The minimum atomic E-state index is -0.372. The molecule has 0 radical (unpaired) electrons. The van der Waals surface area contributed by atoms with Crippen molar-refractivity contribution < 1.29 is 4.39 Å². The quantitative estimate of drug-likeness (QED) is 0.624. The van der Waals surface area contributed by atoms with Crippen LogP contribution in [0.25, 0.3) is 5.69 Å². The van der Waals surface area contributed by atoms with Crippen molar-refractivity contribution in [3.8, 4) is 5.69 Å². The molecule has 0 saturated carbocycles. The van der Waals surface area contributed by atoms with Crippen molar-refractivity contribution in [3.63, 3.8) is 0 Å². The average Bonchev–Trinajstić information content (AvgIpc) is 3.07. The molecule has 3 aromatic rings. The van der Waals surface area contributed by atoms with Crippen molar-refractivity contribution in [1.82, 2.24) is 29.6 Å². The first kappa shape index (κ1) is 19.4. The second-order valence-corrected chi connectivity index (χ2v) is 8.56. The van der Waals surface area contributed by atoms with Crippen LogP contribution in [0.4, 0.5) is 10.3 Å². The second kappa shape index (κ2) is 7.59. The fourth-order valence-electron chi connectivity index (χ4n) is 4.38. The lowest BCUT2D eigenvalue weighted by atomic mass is 9.95. The maximum Gasteiger partial charge on any atom is 0.225 e. The number of piperidine rings is 1. The van der Waals surface area contributed by atoms with Gasteiger partial charge in [0.25, 0.3) is 0 Å². The van der Waals surface area contributed by atoms with Crippen molar-refractivity contribution in [1.29, 1.82) is 0 Å². The highest BCUT2D eigenvalue weighted by molar-refractivity contribution is 6.30. The fourth-order valence-corrected chi connectivity index (χ4v) is 4.57. The summed E-state index contributed by atoms with van der Waals surface area (Å²) in [4.78, 5) is 12.8. The van der Waals surface area contributed by atoms with Gasteiger partial charge < -0.3 is 4.90 Å². The molecule has 0 unspecified atom stereocenters. The Bertz CT molecular complexity index is 1090. The first-order valence-corrected chi connectivity index (χ1v) is 10.5. The molecule has 0 bridgehead atoms. The van der Waals surface area contributed by atoms with Gasteiger partial charge in [-0.15, -0.1) is 10.2 Å². The van der Waals surface area contributed by atoms with Crippen molar-refractivity contribution in [2.24, 2.45) is 0 Å². The normalized spacial score (nSPS) is 17.5. The summed E-state index contributed by atoms with van der Waals surface area (Å²) < 4.78 is 15.7. The van der Waals surface area contributed by atoms with Gasteiger partial charge in [-0.1, -0.05) is 11.6 Å². The third-order valence-electron chi connectivity index (χ3n) is 5.94. The van der Waals surface area contributed by atoms with E-state index in [0.29, 0.717) is 11.6 Å². The molecule has 2 aliphatic rings. The van der Waals surface area contributed by atoms with Crippen LogP contribution in [0.5, 0.6) is 0 Å². The van der Waals surface area contributed by atoms with Gasteiger partial charge in [0.1, 0.15) is 5.82 Å². The maximum atomic E-state index is 13.5. The molecular weight excluding hydrogens is 405 g/mol. The van der Waals surface area contributed by atoms with Gasteiger partial charge in [0.2, 0.25) is 5.95 Å². The first-order valence-electron chi connectivity index (χ1n) is 10.1. The van der Waals surface area contributed by atoms with Crippen LogP contribution < -0.4 is 4.90 Å². The molecule has 1 saturated heterocycles. The number of hydrogen-bond donors (Lipinski definition) is 0. The van der Waals surface area contributed by atoms with Crippen LogP contribution in [-0.4, -0.2) is 49.8 Å². The number of aryl methyl sites for hydroxylation is 1. The van der Waals surface area contributed by atoms with E-state index in [0.717, 1.165) is 61.4 Å². The number of hydrogen-bond acceptors (Lipinski definition) is 6. The molecule has 2 aromatic heterocycles. The Balaban J connectivity index is 1.42. The Morgan fingerprint density at radius 1 is 1.13 bits per heavy atom. The van der Waals surface area contributed by atoms with E-state index in [-0.39, 0.29) is 11.7 Å². The van der Waals surface area contributed by atoms with Gasteiger partial charge in [-0.05, 0) is 50.6 Å². The Kier molecular flexibility index (Phi) is 4.91. The van der Waals surface area contributed by atoms with Crippen molar-refractivity contribution in [2.75, 3.05) is 25.0 Å². The van der Waals surface area contributed by atoms with E-state index in [1.54, 1.807) is 6.92 Å². The van der Waals surface area contributed by atoms with Crippen LogP contribution in [-0.2, 0) is 13.1 Å². The van der Waals surface area contributed by atoms with Crippen molar-refractivity contribution >= 4 is 17.5 Å². The predicted octanol–water partition coefficient (Wildman–Crippen LogP) is 3.49. The van der Waals surface area contributed by atoms with Crippen LogP contribution in [0.3, 0.4) is 0 Å². The molecule has 0 atom stereocenters. The molecule has 0 N–H and O–H groups in total. The summed E-state index contributed by atoms with van der Waals surface area (Å²) in [6.45, 7) is 4.81. The minimum Gasteiger partial charge on any atom is -0.341 e. The summed E-state index contributed by atoms with van der Waals surface area (Å²) >= 11 is 6.26. The Hall–Kier alpha value is -2.58. The third-order valence-corrected chi connectivity index (χ3v) is 6.17. The number of fused-ring (bicyclic) bond motifs is 3. The largest absolute Gasteiger partial charge is 0.341 e. The summed E-state index contributed by atoms with van der Waals surface area (Å²) in [6.07, 6.45) is 3.08. The van der Waals surface area contributed by atoms with E-state index in [4.69, 9.17) is 11.6 Å². The van der Waals surface area contributed by atoms with Gasteiger partial charge in [-0.3, -0.25) is 9.47 Å². The third kappa shape index (κ3) is 3.44. The van der Waals surface area contributed by atoms with E-state index in [1.165, 1.54) is 11.8 Å². The molecule has 4 heterocycles. The van der Waals surface area contributed by atoms with Crippen LogP contribution >= 0.6 is 11.6 Å². The Labute approximate surface area is 179 Å². The zero-order valence-electron chi connectivity index (χ0n) is 17.0. The first-order chi connectivity index (χ1) is 14.5. The van der Waals surface area contributed by atoms with Crippen molar-refractivity contribution in [2.45, 2.75) is 38.8 Å². The summed E-state index contributed by atoms with van der Waals surface area (Å²) in [6, 6.07) is 6.02. The number of nitrogens with zero attached hydrogens (tertiary/aromatic N) is 7. The van der Waals surface area contributed by atoms with Crippen LogP contribution in [0, 0.1) is 12.7 Å². The Morgan fingerprint density at radius 3 is 2.70 bits per heavy atom. The topological polar surface area (TPSA) is 63.0 Å². The maximum absolute atomic E-state index is 13.5. The number of halogens is 2. The molecule has 2 aliphatic heterocycles. The van der Waals surface area contributed by atoms with Crippen molar-refractivity contribution in [3.05, 3.63) is 58.1 Å². The molecule has 0 amide bonds. The predicted molar refractivity (Wildman–Crippen MR) is 112 cm³/mol. The van der Waals surface area contributed by atoms with Gasteiger partial charge in [0.15, 0.2) is 11.6 Å². The van der Waals surface area contributed by atoms with Crippen LogP contribution in [0.1, 0.15) is 41.7 Å². The van der Waals surface area contributed by atoms with E-state index >= 15 is 0 Å². The minimum absolute atomic E-state index is 0.288.